The number of halogens is 1. The summed E-state index contributed by atoms with van der Waals surface area (Å²) < 4.78 is 11.1. The molecule has 6 heteroatoms. The number of hydrogen-bond acceptors (Lipinski definition) is 3. The van der Waals surface area contributed by atoms with Crippen molar-refractivity contribution in [1.29, 1.82) is 0 Å². The lowest BCUT2D eigenvalue weighted by atomic mass is 9.57. The van der Waals surface area contributed by atoms with Gasteiger partial charge in [0.15, 0.2) is 5.96 Å². The number of nitrogens with two attached hydrogens (primary N) is 1. The second-order valence-electron chi connectivity index (χ2n) is 6.35. The van der Waals surface area contributed by atoms with Crippen molar-refractivity contribution in [2.45, 2.75) is 32.4 Å². The number of nitrogens with one attached hydrogen (secondary N) is 1. The Kier molecular flexibility index (Phi) is 5.21. The number of aliphatic imine (C=N–C) groups is 1. The van der Waals surface area contributed by atoms with Gasteiger partial charge >= 0.3 is 0 Å². The topological polar surface area (TPSA) is 68.9 Å². The smallest absolute Gasteiger partial charge is 0.193 e. The Morgan fingerprint density at radius 1 is 1.41 bits per heavy atom. The van der Waals surface area contributed by atoms with Gasteiger partial charge in [-0.05, 0) is 18.6 Å². The molecule has 0 bridgehead atoms. The number of hydrogen-bond donors (Lipinski definition) is 2. The summed E-state index contributed by atoms with van der Waals surface area (Å²) in [5.74, 6) is 1.69. The van der Waals surface area contributed by atoms with E-state index in [4.69, 9.17) is 20.2 Å². The van der Waals surface area contributed by atoms with Crippen molar-refractivity contribution in [3.05, 3.63) is 24.3 Å². The average molecular weight is 417 g/mol. The molecule has 1 saturated heterocycles. The van der Waals surface area contributed by atoms with Gasteiger partial charge < -0.3 is 20.5 Å². The minimum Gasteiger partial charge on any atom is -0.495 e. The molecule has 0 radical (unpaired) electrons. The van der Waals surface area contributed by atoms with Gasteiger partial charge in [-0.1, -0.05) is 26.0 Å². The fourth-order valence-corrected chi connectivity index (χ4v) is 3.63. The number of para-hydroxylation sites is 2. The standard InChI is InChI=1S/C16H23N3O2.HI/c1-16(2)13(10-8-9-21-14(10)16)19-15(17)18-11-6-4-5-7-12(11)20-3;/h4-7,10,13-14H,8-9H2,1-3H3,(H3,17,18,19);1H. The van der Waals surface area contributed by atoms with Gasteiger partial charge in [0.2, 0.25) is 0 Å². The van der Waals surface area contributed by atoms with Gasteiger partial charge in [-0.3, -0.25) is 0 Å². The first kappa shape index (κ1) is 17.3. The van der Waals surface area contributed by atoms with Gasteiger partial charge in [0.25, 0.3) is 0 Å². The zero-order chi connectivity index (χ0) is 15.0. The first-order chi connectivity index (χ1) is 10.0. The van der Waals surface area contributed by atoms with E-state index in [-0.39, 0.29) is 35.4 Å². The normalized spacial score (nSPS) is 29.0. The molecule has 3 rings (SSSR count). The molecule has 1 aliphatic heterocycles. The quantitative estimate of drug-likeness (QED) is 0.451. The van der Waals surface area contributed by atoms with Crippen LogP contribution >= 0.6 is 24.0 Å². The molecule has 5 nitrogen and oxygen atoms in total. The molecule has 2 fully saturated rings. The number of methoxy groups -OCH3 is 1. The van der Waals surface area contributed by atoms with Crippen LogP contribution in [0.2, 0.25) is 0 Å². The van der Waals surface area contributed by atoms with Crippen molar-refractivity contribution in [1.82, 2.24) is 0 Å². The predicted octanol–water partition coefficient (Wildman–Crippen LogP) is 2.85. The zero-order valence-electron chi connectivity index (χ0n) is 13.2. The molecule has 22 heavy (non-hydrogen) atoms. The van der Waals surface area contributed by atoms with E-state index in [9.17, 15) is 0 Å². The highest BCUT2D eigenvalue weighted by molar-refractivity contribution is 14.0. The molecular formula is C16H24IN3O2. The number of ether oxygens (including phenoxy) is 2. The van der Waals surface area contributed by atoms with Gasteiger partial charge in [0, 0.05) is 17.9 Å². The molecule has 1 saturated carbocycles. The van der Waals surface area contributed by atoms with Crippen LogP contribution in [0.5, 0.6) is 5.75 Å². The minimum absolute atomic E-state index is 0. The average Bonchev–Trinajstić information content (AvgIpc) is 2.92. The molecule has 3 atom stereocenters. The molecule has 0 amide bonds. The molecule has 1 heterocycles. The van der Waals surface area contributed by atoms with Crippen LogP contribution in [0.15, 0.2) is 29.3 Å². The summed E-state index contributed by atoms with van der Waals surface area (Å²) in [6.45, 7) is 5.23. The maximum Gasteiger partial charge on any atom is 0.193 e. The Balaban J connectivity index is 0.00000176. The van der Waals surface area contributed by atoms with Crippen molar-refractivity contribution in [2.24, 2.45) is 22.1 Å². The van der Waals surface area contributed by atoms with Crippen LogP contribution in [0.25, 0.3) is 0 Å². The second kappa shape index (κ2) is 6.62. The largest absolute Gasteiger partial charge is 0.495 e. The maximum absolute atomic E-state index is 6.09. The Morgan fingerprint density at radius 2 is 2.14 bits per heavy atom. The van der Waals surface area contributed by atoms with Crippen LogP contribution in [0.4, 0.5) is 5.69 Å². The first-order valence-corrected chi connectivity index (χ1v) is 7.39. The highest BCUT2D eigenvalue weighted by Gasteiger charge is 2.59. The molecule has 2 aliphatic rings. The minimum atomic E-state index is 0. The summed E-state index contributed by atoms with van der Waals surface area (Å²) >= 11 is 0. The molecule has 1 aliphatic carbocycles. The third-order valence-electron chi connectivity index (χ3n) is 4.69. The molecule has 122 valence electrons. The van der Waals surface area contributed by atoms with Crippen molar-refractivity contribution in [3.8, 4) is 5.75 Å². The lowest BCUT2D eigenvalue weighted by molar-refractivity contribution is -0.0985. The van der Waals surface area contributed by atoms with Crippen molar-refractivity contribution < 1.29 is 9.47 Å². The fraction of sp³-hybridized carbons (Fsp3) is 0.562. The summed E-state index contributed by atoms with van der Waals surface area (Å²) in [5, 5.41) is 3.14. The first-order valence-electron chi connectivity index (χ1n) is 7.39. The zero-order valence-corrected chi connectivity index (χ0v) is 15.5. The van der Waals surface area contributed by atoms with Gasteiger partial charge in [0.05, 0.1) is 24.9 Å². The van der Waals surface area contributed by atoms with E-state index in [1.807, 2.05) is 24.3 Å². The van der Waals surface area contributed by atoms with Crippen LogP contribution in [0.1, 0.15) is 20.3 Å². The summed E-state index contributed by atoms with van der Waals surface area (Å²) in [4.78, 5) is 4.70. The van der Waals surface area contributed by atoms with E-state index in [2.05, 4.69) is 19.2 Å². The Morgan fingerprint density at radius 3 is 2.86 bits per heavy atom. The van der Waals surface area contributed by atoms with Crippen LogP contribution in [0.3, 0.4) is 0 Å². The third-order valence-corrected chi connectivity index (χ3v) is 4.69. The summed E-state index contributed by atoms with van der Waals surface area (Å²) in [6, 6.07) is 7.89. The number of guanidine groups is 1. The lowest BCUT2D eigenvalue weighted by Crippen LogP contribution is -2.59. The number of anilines is 1. The fourth-order valence-electron chi connectivity index (χ4n) is 3.63. The maximum atomic E-state index is 6.09. The lowest BCUT2D eigenvalue weighted by Gasteiger charge is -2.52. The van der Waals surface area contributed by atoms with E-state index in [0.29, 0.717) is 18.0 Å². The van der Waals surface area contributed by atoms with E-state index < -0.39 is 0 Å². The molecule has 0 spiro atoms. The van der Waals surface area contributed by atoms with Crippen LogP contribution < -0.4 is 15.8 Å². The molecule has 3 N–H and O–H groups in total. The van der Waals surface area contributed by atoms with E-state index >= 15 is 0 Å². The van der Waals surface area contributed by atoms with Gasteiger partial charge in [-0.2, -0.15) is 0 Å². The second-order valence-corrected chi connectivity index (χ2v) is 6.35. The Bertz CT molecular complexity index is 562. The van der Waals surface area contributed by atoms with Gasteiger partial charge in [-0.15, -0.1) is 24.0 Å². The highest BCUT2D eigenvalue weighted by atomic mass is 127. The molecular weight excluding hydrogens is 393 g/mol. The molecule has 1 aromatic rings. The number of rotatable bonds is 3. The third kappa shape index (κ3) is 2.90. The molecule has 3 unspecified atom stereocenters. The predicted molar refractivity (Wildman–Crippen MR) is 99.1 cm³/mol. The van der Waals surface area contributed by atoms with Crippen molar-refractivity contribution >= 4 is 35.6 Å². The summed E-state index contributed by atoms with van der Waals surface area (Å²) in [5.41, 5.74) is 6.97. The SMILES string of the molecule is COc1ccccc1NC(N)=NC1C2CCOC2C1(C)C.I. The van der Waals surface area contributed by atoms with Crippen LogP contribution in [-0.2, 0) is 4.74 Å². The molecule has 1 aromatic carbocycles. The highest BCUT2D eigenvalue weighted by Crippen LogP contribution is 2.53. The van der Waals surface area contributed by atoms with E-state index in [1.165, 1.54) is 0 Å². The van der Waals surface area contributed by atoms with Crippen LogP contribution in [-0.4, -0.2) is 31.8 Å². The molecule has 0 aromatic heterocycles. The summed E-state index contributed by atoms with van der Waals surface area (Å²) in [6.07, 6.45) is 1.40. The van der Waals surface area contributed by atoms with E-state index in [0.717, 1.165) is 24.5 Å². The van der Waals surface area contributed by atoms with E-state index in [1.54, 1.807) is 7.11 Å². The Labute approximate surface area is 148 Å². The van der Waals surface area contributed by atoms with Crippen molar-refractivity contribution in [2.75, 3.05) is 19.0 Å². The number of fused-ring (bicyclic) bond motifs is 1. The number of nitrogens with zero attached hydrogens (tertiary/aromatic N) is 1. The monoisotopic (exact) mass is 417 g/mol. The van der Waals surface area contributed by atoms with Gasteiger partial charge in [-0.25, -0.2) is 4.99 Å². The van der Waals surface area contributed by atoms with Gasteiger partial charge in [0.1, 0.15) is 5.75 Å². The van der Waals surface area contributed by atoms with Crippen molar-refractivity contribution in [3.63, 3.8) is 0 Å². The number of benzene rings is 1. The summed E-state index contributed by atoms with van der Waals surface area (Å²) in [7, 11) is 1.64. The Hall–Kier alpha value is -1.02. The van der Waals surface area contributed by atoms with Crippen LogP contribution in [0, 0.1) is 11.3 Å².